The number of furan rings is 1. The molecule has 2 rings (SSSR count). The highest BCUT2D eigenvalue weighted by atomic mass is 16.3. The molecule has 84 valence electrons. The molecule has 0 aliphatic heterocycles. The number of nitrogens with zero attached hydrogens (tertiary/aromatic N) is 1. The monoisotopic (exact) mass is 220 g/mol. The van der Waals surface area contributed by atoms with Gasteiger partial charge in [-0.3, -0.25) is 9.89 Å². The van der Waals surface area contributed by atoms with Gasteiger partial charge in [-0.15, -0.1) is 0 Å². The summed E-state index contributed by atoms with van der Waals surface area (Å²) >= 11 is 0. The lowest BCUT2D eigenvalue weighted by molar-refractivity contribution is 0.0949. The standard InChI is InChI=1S/C10H12N4O2/c1-6-8(2-3-16-6)10(15)12-4-7-5-13-14-9(7)11/h2-3,5H,4H2,1H3,(H,12,15)(H3,11,13,14). The Labute approximate surface area is 91.8 Å². The summed E-state index contributed by atoms with van der Waals surface area (Å²) in [5.74, 6) is 0.869. The largest absolute Gasteiger partial charge is 0.469 e. The number of hydrogen-bond acceptors (Lipinski definition) is 4. The topological polar surface area (TPSA) is 96.9 Å². The Bertz CT molecular complexity index is 500. The first-order valence-corrected chi connectivity index (χ1v) is 4.78. The van der Waals surface area contributed by atoms with Crippen molar-refractivity contribution in [2.75, 3.05) is 5.73 Å². The summed E-state index contributed by atoms with van der Waals surface area (Å²) in [6.45, 7) is 2.08. The molecular formula is C10H12N4O2. The van der Waals surface area contributed by atoms with Gasteiger partial charge in [-0.1, -0.05) is 0 Å². The highest BCUT2D eigenvalue weighted by Crippen LogP contribution is 2.09. The zero-order chi connectivity index (χ0) is 11.5. The summed E-state index contributed by atoms with van der Waals surface area (Å²) in [6.07, 6.45) is 3.06. The van der Waals surface area contributed by atoms with Gasteiger partial charge < -0.3 is 15.5 Å². The third-order valence-corrected chi connectivity index (χ3v) is 2.29. The van der Waals surface area contributed by atoms with Gasteiger partial charge in [0.1, 0.15) is 11.6 Å². The van der Waals surface area contributed by atoms with Gasteiger partial charge in [0.15, 0.2) is 0 Å². The van der Waals surface area contributed by atoms with E-state index in [2.05, 4.69) is 15.5 Å². The van der Waals surface area contributed by atoms with Crippen molar-refractivity contribution in [2.24, 2.45) is 0 Å². The summed E-state index contributed by atoms with van der Waals surface area (Å²) in [6, 6.07) is 1.63. The second-order valence-corrected chi connectivity index (χ2v) is 3.38. The van der Waals surface area contributed by atoms with Crippen LogP contribution in [0.1, 0.15) is 21.7 Å². The first kappa shape index (κ1) is 10.3. The smallest absolute Gasteiger partial charge is 0.255 e. The molecule has 0 saturated carbocycles. The average Bonchev–Trinajstić information content (AvgIpc) is 2.84. The number of nitrogen functional groups attached to an aromatic ring is 1. The van der Waals surface area contributed by atoms with Gasteiger partial charge in [0, 0.05) is 12.1 Å². The second kappa shape index (κ2) is 4.09. The van der Waals surface area contributed by atoms with Crippen molar-refractivity contribution < 1.29 is 9.21 Å². The maximum atomic E-state index is 11.7. The molecule has 6 heteroatoms. The molecule has 0 fully saturated rings. The zero-order valence-electron chi connectivity index (χ0n) is 8.78. The van der Waals surface area contributed by atoms with Gasteiger partial charge in [-0.25, -0.2) is 0 Å². The molecule has 16 heavy (non-hydrogen) atoms. The van der Waals surface area contributed by atoms with Gasteiger partial charge in [0.2, 0.25) is 0 Å². The van der Waals surface area contributed by atoms with Crippen LogP contribution in [0.5, 0.6) is 0 Å². The summed E-state index contributed by atoms with van der Waals surface area (Å²) < 4.78 is 5.04. The number of carbonyl (C=O) groups is 1. The molecule has 0 atom stereocenters. The fraction of sp³-hybridized carbons (Fsp3) is 0.200. The van der Waals surface area contributed by atoms with Crippen LogP contribution < -0.4 is 11.1 Å². The van der Waals surface area contributed by atoms with Crippen LogP contribution in [-0.4, -0.2) is 16.1 Å². The molecule has 2 heterocycles. The molecule has 0 aliphatic carbocycles. The minimum absolute atomic E-state index is 0.188. The predicted molar refractivity (Wildman–Crippen MR) is 57.6 cm³/mol. The number of aryl methyl sites for hydroxylation is 1. The molecule has 0 radical (unpaired) electrons. The molecule has 0 unspecified atom stereocenters. The second-order valence-electron chi connectivity index (χ2n) is 3.38. The fourth-order valence-corrected chi connectivity index (χ4v) is 1.35. The molecule has 0 aromatic carbocycles. The number of anilines is 1. The highest BCUT2D eigenvalue weighted by molar-refractivity contribution is 5.95. The van der Waals surface area contributed by atoms with Gasteiger partial charge >= 0.3 is 0 Å². The molecule has 0 saturated heterocycles. The van der Waals surface area contributed by atoms with Crippen LogP contribution in [0.25, 0.3) is 0 Å². The summed E-state index contributed by atoms with van der Waals surface area (Å²) in [5.41, 5.74) is 6.88. The Morgan fingerprint density at radius 3 is 3.06 bits per heavy atom. The lowest BCUT2D eigenvalue weighted by Gasteiger charge is -2.02. The minimum atomic E-state index is -0.188. The SMILES string of the molecule is Cc1occc1C(=O)NCc1cn[nH]c1N. The van der Waals surface area contributed by atoms with E-state index in [4.69, 9.17) is 10.2 Å². The zero-order valence-corrected chi connectivity index (χ0v) is 8.78. The number of aromatic amines is 1. The van der Waals surface area contributed by atoms with Crippen molar-refractivity contribution >= 4 is 11.7 Å². The molecular weight excluding hydrogens is 208 g/mol. The van der Waals surface area contributed by atoms with Crippen molar-refractivity contribution in [3.63, 3.8) is 0 Å². The fourth-order valence-electron chi connectivity index (χ4n) is 1.35. The van der Waals surface area contributed by atoms with Crippen molar-refractivity contribution in [2.45, 2.75) is 13.5 Å². The van der Waals surface area contributed by atoms with Crippen LogP contribution in [0.4, 0.5) is 5.82 Å². The van der Waals surface area contributed by atoms with E-state index >= 15 is 0 Å². The van der Waals surface area contributed by atoms with E-state index in [1.54, 1.807) is 19.2 Å². The van der Waals surface area contributed by atoms with Crippen LogP contribution in [0.3, 0.4) is 0 Å². The van der Waals surface area contributed by atoms with E-state index in [9.17, 15) is 4.79 Å². The molecule has 4 N–H and O–H groups in total. The molecule has 2 aromatic rings. The number of H-pyrrole nitrogens is 1. The lowest BCUT2D eigenvalue weighted by Crippen LogP contribution is -2.23. The van der Waals surface area contributed by atoms with Crippen molar-refractivity contribution in [1.82, 2.24) is 15.5 Å². The summed E-state index contributed by atoms with van der Waals surface area (Å²) in [7, 11) is 0. The van der Waals surface area contributed by atoms with Gasteiger partial charge in [-0.05, 0) is 13.0 Å². The first-order valence-electron chi connectivity index (χ1n) is 4.78. The number of hydrogen-bond donors (Lipinski definition) is 3. The van der Waals surface area contributed by atoms with E-state index < -0.39 is 0 Å². The predicted octanol–water partition coefficient (Wildman–Crippen LogP) is 0.823. The van der Waals surface area contributed by atoms with Crippen molar-refractivity contribution in [3.05, 3.63) is 35.4 Å². The van der Waals surface area contributed by atoms with E-state index in [-0.39, 0.29) is 5.91 Å². The minimum Gasteiger partial charge on any atom is -0.469 e. The Hall–Kier alpha value is -2.24. The summed E-state index contributed by atoms with van der Waals surface area (Å²) in [4.78, 5) is 11.7. The van der Waals surface area contributed by atoms with Crippen LogP contribution in [0.2, 0.25) is 0 Å². The number of aromatic nitrogens is 2. The lowest BCUT2D eigenvalue weighted by atomic mass is 10.2. The molecule has 6 nitrogen and oxygen atoms in total. The molecule has 2 aromatic heterocycles. The average molecular weight is 220 g/mol. The van der Waals surface area contributed by atoms with Crippen LogP contribution in [0, 0.1) is 6.92 Å². The third kappa shape index (κ3) is 1.90. The highest BCUT2D eigenvalue weighted by Gasteiger charge is 2.11. The molecule has 0 bridgehead atoms. The molecule has 0 aliphatic rings. The molecule has 1 amide bonds. The van der Waals surface area contributed by atoms with Crippen LogP contribution in [0.15, 0.2) is 22.9 Å². The Kier molecular flexibility index (Phi) is 2.63. The number of nitrogens with two attached hydrogens (primary N) is 1. The summed E-state index contributed by atoms with van der Waals surface area (Å²) in [5, 5.41) is 9.09. The number of rotatable bonds is 3. The van der Waals surface area contributed by atoms with E-state index in [1.807, 2.05) is 0 Å². The van der Waals surface area contributed by atoms with E-state index in [0.717, 1.165) is 5.56 Å². The first-order chi connectivity index (χ1) is 7.68. The van der Waals surface area contributed by atoms with Gasteiger partial charge in [0.25, 0.3) is 5.91 Å². The maximum absolute atomic E-state index is 11.7. The molecule has 0 spiro atoms. The normalized spacial score (nSPS) is 10.3. The van der Waals surface area contributed by atoms with Crippen molar-refractivity contribution in [3.8, 4) is 0 Å². The van der Waals surface area contributed by atoms with Crippen molar-refractivity contribution in [1.29, 1.82) is 0 Å². The quantitative estimate of drug-likeness (QED) is 0.713. The van der Waals surface area contributed by atoms with E-state index in [1.165, 1.54) is 6.26 Å². The van der Waals surface area contributed by atoms with E-state index in [0.29, 0.717) is 23.7 Å². The van der Waals surface area contributed by atoms with Crippen LogP contribution in [-0.2, 0) is 6.54 Å². The number of nitrogens with one attached hydrogen (secondary N) is 2. The Balaban J connectivity index is 1.99. The number of carbonyl (C=O) groups excluding carboxylic acids is 1. The number of amides is 1. The van der Waals surface area contributed by atoms with Gasteiger partial charge in [0.05, 0.1) is 18.0 Å². The Morgan fingerprint density at radius 1 is 1.69 bits per heavy atom. The third-order valence-electron chi connectivity index (χ3n) is 2.29. The maximum Gasteiger partial charge on any atom is 0.255 e. The van der Waals surface area contributed by atoms with Crippen LogP contribution >= 0.6 is 0 Å². The Morgan fingerprint density at radius 2 is 2.50 bits per heavy atom. The van der Waals surface area contributed by atoms with Gasteiger partial charge in [-0.2, -0.15) is 5.10 Å².